The van der Waals surface area contributed by atoms with Gasteiger partial charge in [-0.1, -0.05) is 6.07 Å². The number of fused-ring (bicyclic) bond motifs is 1. The average molecular weight is 552 g/mol. The summed E-state index contributed by atoms with van der Waals surface area (Å²) in [4.78, 5) is 22.3. The molecule has 0 saturated carbocycles. The Balaban J connectivity index is 1.66. The topological polar surface area (TPSA) is 253 Å². The van der Waals surface area contributed by atoms with Crippen LogP contribution in [0.5, 0.6) is 34.5 Å². The summed E-state index contributed by atoms with van der Waals surface area (Å²) in [5.41, 5.74) is 0.00358. The lowest BCUT2D eigenvalue weighted by molar-refractivity contribution is -0.294. The first-order valence-corrected chi connectivity index (χ1v) is 11.3. The monoisotopic (exact) mass is 552 g/mol. The zero-order valence-electron chi connectivity index (χ0n) is 19.7. The second-order valence-corrected chi connectivity index (χ2v) is 8.68. The maximum absolute atomic E-state index is 11.6. The summed E-state index contributed by atoms with van der Waals surface area (Å²) in [7, 11) is 0. The second kappa shape index (κ2) is 10.7. The van der Waals surface area contributed by atoms with Crippen molar-refractivity contribution in [3.8, 4) is 34.5 Å². The molecule has 1 fully saturated rings. The summed E-state index contributed by atoms with van der Waals surface area (Å²) in [6, 6.07) is 4.59. The standard InChI is InChI=1S/C24H24O15/c25-10-2-1-8(3-11(10)26)23-14(4-9-13(37-23)5-12(27)19(32)18(9)31)38-24-22(35)21(34)20(33)15(39-24)7-36-17(30)6-16(28)29/h1-5,15,20-27,31-35H,6-7H2,(H,28,29)/t15-,20-,21+,22-,23?,24-/m1/s1. The Morgan fingerprint density at radius 1 is 0.872 bits per heavy atom. The van der Waals surface area contributed by atoms with Gasteiger partial charge in [-0.05, 0) is 18.2 Å². The number of aliphatic carboxylic acids is 1. The minimum absolute atomic E-state index is 0.128. The summed E-state index contributed by atoms with van der Waals surface area (Å²) in [6.45, 7) is -0.710. The highest BCUT2D eigenvalue weighted by Gasteiger charge is 2.46. The van der Waals surface area contributed by atoms with Crippen molar-refractivity contribution in [3.05, 3.63) is 41.2 Å². The smallest absolute Gasteiger partial charge is 0.317 e. The van der Waals surface area contributed by atoms with Gasteiger partial charge in [-0.25, -0.2) is 0 Å². The number of hydrogen-bond donors (Lipinski definition) is 9. The molecule has 2 heterocycles. The van der Waals surface area contributed by atoms with E-state index in [1.807, 2.05) is 0 Å². The molecule has 2 aliphatic rings. The highest BCUT2D eigenvalue weighted by molar-refractivity contribution is 5.90. The normalized spacial score (nSPS) is 26.1. The molecule has 2 aromatic rings. The molecule has 6 atom stereocenters. The summed E-state index contributed by atoms with van der Waals surface area (Å²) < 4.78 is 21.8. The highest BCUT2D eigenvalue weighted by Crippen LogP contribution is 2.49. The number of carbonyl (C=O) groups is 2. The van der Waals surface area contributed by atoms with Gasteiger partial charge in [0, 0.05) is 11.6 Å². The first-order valence-electron chi connectivity index (χ1n) is 11.3. The number of esters is 1. The molecule has 0 aliphatic carbocycles. The molecular weight excluding hydrogens is 528 g/mol. The molecule has 15 heteroatoms. The molecule has 0 amide bonds. The van der Waals surface area contributed by atoms with E-state index in [0.717, 1.165) is 24.3 Å². The average Bonchev–Trinajstić information content (AvgIpc) is 2.88. The van der Waals surface area contributed by atoms with E-state index < -0.39 is 90.5 Å². The van der Waals surface area contributed by atoms with E-state index in [-0.39, 0.29) is 22.6 Å². The summed E-state index contributed by atoms with van der Waals surface area (Å²) in [5, 5.41) is 89.6. The van der Waals surface area contributed by atoms with Crippen LogP contribution in [-0.4, -0.2) is 95.2 Å². The fourth-order valence-corrected chi connectivity index (χ4v) is 3.94. The van der Waals surface area contributed by atoms with Crippen LogP contribution in [0.4, 0.5) is 0 Å². The molecule has 0 radical (unpaired) electrons. The quantitative estimate of drug-likeness (QED) is 0.120. The van der Waals surface area contributed by atoms with E-state index in [9.17, 15) is 50.4 Å². The van der Waals surface area contributed by atoms with Crippen LogP contribution in [0.25, 0.3) is 6.08 Å². The largest absolute Gasteiger partial charge is 0.504 e. The maximum atomic E-state index is 11.6. The maximum Gasteiger partial charge on any atom is 0.317 e. The van der Waals surface area contributed by atoms with Crippen LogP contribution in [0, 0.1) is 0 Å². The van der Waals surface area contributed by atoms with Crippen molar-refractivity contribution in [3.63, 3.8) is 0 Å². The van der Waals surface area contributed by atoms with E-state index >= 15 is 0 Å². The van der Waals surface area contributed by atoms with Crippen molar-refractivity contribution < 1.29 is 74.5 Å². The zero-order valence-corrected chi connectivity index (χ0v) is 19.7. The van der Waals surface area contributed by atoms with Gasteiger partial charge in [0.15, 0.2) is 29.1 Å². The molecule has 4 rings (SSSR count). The summed E-state index contributed by atoms with van der Waals surface area (Å²) >= 11 is 0. The number of phenolic OH excluding ortho intramolecular Hbond substituents is 5. The first kappa shape index (κ1) is 27.6. The third kappa shape index (κ3) is 5.56. The number of aromatic hydroxyl groups is 5. The molecular formula is C24H24O15. The molecule has 0 aromatic heterocycles. The van der Waals surface area contributed by atoms with Gasteiger partial charge in [-0.2, -0.15) is 0 Å². The second-order valence-electron chi connectivity index (χ2n) is 8.68. The van der Waals surface area contributed by atoms with E-state index in [2.05, 4.69) is 0 Å². The number of carboxylic acids is 1. The van der Waals surface area contributed by atoms with Crippen molar-refractivity contribution in [2.75, 3.05) is 6.61 Å². The van der Waals surface area contributed by atoms with Gasteiger partial charge in [-0.15, -0.1) is 0 Å². The minimum Gasteiger partial charge on any atom is -0.504 e. The Morgan fingerprint density at radius 3 is 2.26 bits per heavy atom. The van der Waals surface area contributed by atoms with Crippen LogP contribution in [0.1, 0.15) is 23.7 Å². The van der Waals surface area contributed by atoms with Crippen molar-refractivity contribution in [2.45, 2.75) is 43.2 Å². The number of ether oxygens (including phenoxy) is 4. The fourth-order valence-electron chi connectivity index (χ4n) is 3.94. The Hall–Kier alpha value is -4.44. The van der Waals surface area contributed by atoms with Crippen molar-refractivity contribution in [1.29, 1.82) is 0 Å². The van der Waals surface area contributed by atoms with Crippen molar-refractivity contribution in [2.24, 2.45) is 0 Å². The molecule has 2 aromatic carbocycles. The number of phenols is 5. The fraction of sp³-hybridized carbons (Fsp3) is 0.333. The van der Waals surface area contributed by atoms with Gasteiger partial charge in [0.2, 0.25) is 12.0 Å². The van der Waals surface area contributed by atoms with Crippen LogP contribution in [0.15, 0.2) is 30.0 Å². The van der Waals surface area contributed by atoms with Crippen LogP contribution in [-0.2, 0) is 23.8 Å². The lowest BCUT2D eigenvalue weighted by atomic mass is 9.98. The number of rotatable bonds is 7. The van der Waals surface area contributed by atoms with Gasteiger partial charge < -0.3 is 64.9 Å². The molecule has 2 aliphatic heterocycles. The third-order valence-corrected chi connectivity index (χ3v) is 5.97. The predicted octanol–water partition coefficient (Wildman–Crippen LogP) is -0.469. The zero-order chi connectivity index (χ0) is 28.6. The molecule has 0 spiro atoms. The van der Waals surface area contributed by atoms with Crippen molar-refractivity contribution in [1.82, 2.24) is 0 Å². The first-order chi connectivity index (χ1) is 18.4. The Labute approximate surface area is 218 Å². The molecule has 9 N–H and O–H groups in total. The Morgan fingerprint density at radius 2 is 1.59 bits per heavy atom. The molecule has 1 saturated heterocycles. The number of carboxylic acid groups (broad SMARTS) is 1. The number of benzene rings is 2. The number of carbonyl (C=O) groups excluding carboxylic acids is 1. The Kier molecular flexibility index (Phi) is 7.60. The molecule has 1 unspecified atom stereocenters. The molecule has 15 nitrogen and oxygen atoms in total. The number of aliphatic hydroxyl groups is 3. The lowest BCUT2D eigenvalue weighted by Gasteiger charge is -2.41. The number of aliphatic hydroxyl groups excluding tert-OH is 3. The summed E-state index contributed by atoms with van der Waals surface area (Å²) in [5.74, 6) is -6.33. The SMILES string of the molecule is O=C(O)CC(=O)OC[C@H]1O[C@@H](OC2=Cc3c(cc(O)c(O)c3O)OC2c2ccc(O)c(O)c2)[C@H](O)[C@@H](O)[C@@H]1O. The van der Waals surface area contributed by atoms with E-state index in [1.54, 1.807) is 0 Å². The van der Waals surface area contributed by atoms with Gasteiger partial charge >= 0.3 is 11.9 Å². The molecule has 0 bridgehead atoms. The van der Waals surface area contributed by atoms with Crippen LogP contribution < -0.4 is 4.74 Å². The van der Waals surface area contributed by atoms with Gasteiger partial charge in [0.05, 0.1) is 5.56 Å². The van der Waals surface area contributed by atoms with E-state index in [1.165, 1.54) is 6.07 Å². The van der Waals surface area contributed by atoms with Gasteiger partial charge in [-0.3, -0.25) is 9.59 Å². The van der Waals surface area contributed by atoms with Crippen LogP contribution >= 0.6 is 0 Å². The number of hydrogen-bond acceptors (Lipinski definition) is 14. The highest BCUT2D eigenvalue weighted by atomic mass is 16.7. The predicted molar refractivity (Wildman–Crippen MR) is 124 cm³/mol. The molecule has 39 heavy (non-hydrogen) atoms. The van der Waals surface area contributed by atoms with Crippen LogP contribution in [0.3, 0.4) is 0 Å². The lowest BCUT2D eigenvalue weighted by Crippen LogP contribution is -2.59. The summed E-state index contributed by atoms with van der Waals surface area (Å²) in [6.07, 6.45) is -9.87. The Bertz CT molecular complexity index is 1300. The van der Waals surface area contributed by atoms with Gasteiger partial charge in [0.25, 0.3) is 0 Å². The molecule has 210 valence electrons. The van der Waals surface area contributed by atoms with Gasteiger partial charge in [0.1, 0.15) is 49.0 Å². The van der Waals surface area contributed by atoms with Crippen LogP contribution in [0.2, 0.25) is 0 Å². The van der Waals surface area contributed by atoms with E-state index in [4.69, 9.17) is 24.1 Å². The minimum atomic E-state index is -1.89. The van der Waals surface area contributed by atoms with Crippen molar-refractivity contribution >= 4 is 18.0 Å². The third-order valence-electron chi connectivity index (χ3n) is 5.97. The van der Waals surface area contributed by atoms with E-state index in [0.29, 0.717) is 0 Å².